The number of hydrogen-bond acceptors (Lipinski definition) is 0. The minimum absolute atomic E-state index is 0.178. The molecule has 0 unspecified atom stereocenters. The Morgan fingerprint density at radius 1 is 0.708 bits per heavy atom. The Balaban J connectivity index is 2.61. The summed E-state index contributed by atoms with van der Waals surface area (Å²) in [5.41, 5.74) is -1.77. The highest BCUT2D eigenvalue weighted by Gasteiger charge is 2.82. The molecule has 0 aliphatic heterocycles. The number of benzene rings is 2. The Morgan fingerprint density at radius 2 is 1.29 bits per heavy atom. The van der Waals surface area contributed by atoms with Crippen LogP contribution in [0.2, 0.25) is 0 Å². The lowest BCUT2D eigenvalue weighted by atomic mass is 9.94. The maximum atomic E-state index is 13.8. The van der Waals surface area contributed by atoms with Gasteiger partial charge < -0.3 is 0 Å². The van der Waals surface area contributed by atoms with Gasteiger partial charge in [0, 0.05) is 10.9 Å². The third-order valence-corrected chi connectivity index (χ3v) is 3.35. The zero-order valence-electron chi connectivity index (χ0n) is 11.3. The molecule has 0 N–H and O–H groups in total. The maximum absolute atomic E-state index is 13.8. The van der Waals surface area contributed by atoms with Crippen molar-refractivity contribution in [3.05, 3.63) is 42.0 Å². The van der Waals surface area contributed by atoms with Crippen LogP contribution in [0.3, 0.4) is 0 Å². The summed E-state index contributed by atoms with van der Waals surface area (Å²) in [7, 11) is 0. The molecule has 24 heavy (non-hydrogen) atoms. The SMILES string of the molecule is [O]c1cccc2cc(C(F)(F)C(F)(F)C(F)(F)C(F)(F)F)ccc12. The molecular weight excluding hydrogens is 355 g/mol. The van der Waals surface area contributed by atoms with Crippen molar-refractivity contribution in [1.82, 2.24) is 0 Å². The highest BCUT2D eigenvalue weighted by molar-refractivity contribution is 5.88. The molecule has 0 aliphatic rings. The van der Waals surface area contributed by atoms with E-state index in [0.717, 1.165) is 18.2 Å². The van der Waals surface area contributed by atoms with Gasteiger partial charge in [-0.1, -0.05) is 18.2 Å². The van der Waals surface area contributed by atoms with Crippen LogP contribution < -0.4 is 0 Å². The van der Waals surface area contributed by atoms with Gasteiger partial charge in [0.2, 0.25) is 0 Å². The van der Waals surface area contributed by atoms with E-state index in [4.69, 9.17) is 0 Å². The summed E-state index contributed by atoms with van der Waals surface area (Å²) in [5, 5.41) is 10.9. The first-order chi connectivity index (χ1) is 10.7. The van der Waals surface area contributed by atoms with Crippen molar-refractivity contribution in [2.24, 2.45) is 0 Å². The van der Waals surface area contributed by atoms with E-state index in [1.165, 1.54) is 0 Å². The molecular formula is C14H6F9O. The van der Waals surface area contributed by atoms with Gasteiger partial charge in [-0.25, -0.2) is 0 Å². The second-order valence-electron chi connectivity index (χ2n) is 4.91. The van der Waals surface area contributed by atoms with Crippen molar-refractivity contribution in [2.45, 2.75) is 23.9 Å². The molecule has 0 saturated heterocycles. The molecule has 0 spiro atoms. The van der Waals surface area contributed by atoms with Gasteiger partial charge in [0.05, 0.1) is 0 Å². The van der Waals surface area contributed by atoms with Crippen LogP contribution in [-0.4, -0.2) is 18.0 Å². The largest absolute Gasteiger partial charge is 0.460 e. The molecule has 0 amide bonds. The summed E-state index contributed by atoms with van der Waals surface area (Å²) >= 11 is 0. The predicted molar refractivity (Wildman–Crippen MR) is 63.9 cm³/mol. The van der Waals surface area contributed by atoms with Crippen LogP contribution in [0.1, 0.15) is 5.56 Å². The van der Waals surface area contributed by atoms with Gasteiger partial charge in [-0.05, 0) is 23.6 Å². The zero-order valence-corrected chi connectivity index (χ0v) is 11.3. The fraction of sp³-hybridized carbons (Fsp3) is 0.286. The molecule has 0 fully saturated rings. The molecule has 1 nitrogen and oxygen atoms in total. The molecule has 10 heteroatoms. The van der Waals surface area contributed by atoms with Gasteiger partial charge >= 0.3 is 23.9 Å². The lowest BCUT2D eigenvalue weighted by Gasteiger charge is -2.33. The number of alkyl halides is 9. The summed E-state index contributed by atoms with van der Waals surface area (Å²) in [5.74, 6) is -20.2. The first-order valence-electron chi connectivity index (χ1n) is 6.14. The zero-order chi connectivity index (χ0) is 18.6. The summed E-state index contributed by atoms with van der Waals surface area (Å²) in [6, 6.07) is 4.32. The number of fused-ring (bicyclic) bond motifs is 1. The maximum Gasteiger partial charge on any atom is 0.460 e. The molecule has 0 atom stereocenters. The Hall–Kier alpha value is -2.13. The second kappa shape index (κ2) is 5.18. The van der Waals surface area contributed by atoms with E-state index in [1.807, 2.05) is 0 Å². The quantitative estimate of drug-likeness (QED) is 0.606. The number of halogens is 9. The fourth-order valence-corrected chi connectivity index (χ4v) is 2.01. The summed E-state index contributed by atoms with van der Waals surface area (Å²) in [6.07, 6.45) is -6.88. The molecule has 0 bridgehead atoms. The van der Waals surface area contributed by atoms with Crippen molar-refractivity contribution in [3.8, 4) is 5.75 Å². The highest BCUT2D eigenvalue weighted by Crippen LogP contribution is 2.56. The molecule has 2 aromatic rings. The van der Waals surface area contributed by atoms with Crippen molar-refractivity contribution >= 4 is 10.8 Å². The Morgan fingerprint density at radius 3 is 1.83 bits per heavy atom. The van der Waals surface area contributed by atoms with Crippen LogP contribution in [0.4, 0.5) is 39.5 Å². The monoisotopic (exact) mass is 361 g/mol. The minimum atomic E-state index is -6.96. The van der Waals surface area contributed by atoms with Crippen molar-refractivity contribution < 1.29 is 44.6 Å². The minimum Gasteiger partial charge on any atom is -0.289 e. The molecule has 0 heterocycles. The van der Waals surface area contributed by atoms with Gasteiger partial charge in [-0.2, -0.15) is 39.5 Å². The van der Waals surface area contributed by atoms with E-state index in [9.17, 15) is 44.6 Å². The fourth-order valence-electron chi connectivity index (χ4n) is 2.01. The Kier molecular flexibility index (Phi) is 3.93. The molecule has 0 aliphatic carbocycles. The van der Waals surface area contributed by atoms with Gasteiger partial charge in [0.15, 0.2) is 5.75 Å². The topological polar surface area (TPSA) is 19.9 Å². The average Bonchev–Trinajstić information content (AvgIpc) is 2.45. The molecule has 0 aromatic heterocycles. The van der Waals surface area contributed by atoms with Crippen LogP contribution in [0.25, 0.3) is 10.8 Å². The van der Waals surface area contributed by atoms with Gasteiger partial charge in [-0.15, -0.1) is 0 Å². The van der Waals surface area contributed by atoms with Gasteiger partial charge in [-0.3, -0.25) is 5.11 Å². The van der Waals surface area contributed by atoms with Crippen LogP contribution in [0, 0.1) is 0 Å². The van der Waals surface area contributed by atoms with Crippen molar-refractivity contribution in [1.29, 1.82) is 0 Å². The van der Waals surface area contributed by atoms with Gasteiger partial charge in [0.25, 0.3) is 0 Å². The average molecular weight is 361 g/mol. The standard InChI is InChI=1S/C14H6F9O/c15-11(16,12(17,18)13(19,20)14(21,22)23)8-4-5-9-7(6-8)2-1-3-10(9)24/h1-6H. The Bertz CT molecular complexity index is 764. The number of rotatable bonds is 3. The summed E-state index contributed by atoms with van der Waals surface area (Å²) in [4.78, 5) is 0. The normalized spacial score (nSPS) is 14.2. The van der Waals surface area contributed by atoms with E-state index in [2.05, 4.69) is 0 Å². The van der Waals surface area contributed by atoms with E-state index in [1.54, 1.807) is 0 Å². The van der Waals surface area contributed by atoms with E-state index in [0.29, 0.717) is 6.07 Å². The van der Waals surface area contributed by atoms with Crippen LogP contribution in [0.15, 0.2) is 36.4 Å². The Labute approximate surface area is 128 Å². The lowest BCUT2D eigenvalue weighted by Crippen LogP contribution is -2.59. The second-order valence-corrected chi connectivity index (χ2v) is 4.91. The van der Waals surface area contributed by atoms with Crippen molar-refractivity contribution in [3.63, 3.8) is 0 Å². The van der Waals surface area contributed by atoms with Crippen LogP contribution in [-0.2, 0) is 11.0 Å². The predicted octanol–water partition coefficient (Wildman–Crippen LogP) is 5.91. The molecule has 0 saturated carbocycles. The first-order valence-corrected chi connectivity index (χ1v) is 6.14. The summed E-state index contributed by atoms with van der Waals surface area (Å²) in [6.45, 7) is 0. The number of hydrogen-bond donors (Lipinski definition) is 0. The lowest BCUT2D eigenvalue weighted by molar-refractivity contribution is -0.399. The summed E-state index contributed by atoms with van der Waals surface area (Å²) < 4.78 is 116. The van der Waals surface area contributed by atoms with E-state index >= 15 is 0 Å². The highest BCUT2D eigenvalue weighted by atomic mass is 19.4. The van der Waals surface area contributed by atoms with Gasteiger partial charge in [0.1, 0.15) is 0 Å². The third kappa shape index (κ3) is 2.44. The van der Waals surface area contributed by atoms with Crippen molar-refractivity contribution in [2.75, 3.05) is 0 Å². The molecule has 131 valence electrons. The first kappa shape index (κ1) is 18.2. The van der Waals surface area contributed by atoms with Crippen LogP contribution in [0.5, 0.6) is 5.75 Å². The third-order valence-electron chi connectivity index (χ3n) is 3.35. The molecule has 2 rings (SSSR count). The molecule has 2 aromatic carbocycles. The van der Waals surface area contributed by atoms with E-state index in [-0.39, 0.29) is 22.9 Å². The van der Waals surface area contributed by atoms with E-state index < -0.39 is 35.3 Å². The van der Waals surface area contributed by atoms with Crippen LogP contribution >= 0.6 is 0 Å². The smallest absolute Gasteiger partial charge is 0.289 e. The molecule has 1 radical (unpaired) electrons.